The van der Waals surface area contributed by atoms with E-state index in [-0.39, 0.29) is 16.5 Å². The molecule has 0 radical (unpaired) electrons. The maximum Gasteiger partial charge on any atom is 0.407 e. The molecule has 0 bridgehead atoms. The molecule has 0 spiro atoms. The molecule has 0 saturated carbocycles. The summed E-state index contributed by atoms with van der Waals surface area (Å²) >= 11 is 4.73. The van der Waals surface area contributed by atoms with E-state index in [1.54, 1.807) is 6.92 Å². The topological polar surface area (TPSA) is 173 Å². The fourth-order valence-corrected chi connectivity index (χ4v) is 6.86. The van der Waals surface area contributed by atoms with E-state index >= 15 is 0 Å². The number of alkyl halides is 2. The molecule has 0 aromatic carbocycles. The summed E-state index contributed by atoms with van der Waals surface area (Å²) in [4.78, 5) is 50.7. The van der Waals surface area contributed by atoms with Gasteiger partial charge in [0.25, 0.3) is 11.8 Å². The number of thioether (sulfide) groups is 2. The van der Waals surface area contributed by atoms with Crippen molar-refractivity contribution < 1.29 is 33.1 Å². The lowest BCUT2D eigenvalue weighted by Gasteiger charge is -2.49. The number of nitrogens with one attached hydrogen (secondary N) is 1. The molecule has 2 aromatic rings. The van der Waals surface area contributed by atoms with Crippen LogP contribution in [0.3, 0.4) is 0 Å². The van der Waals surface area contributed by atoms with Crippen molar-refractivity contribution in [2.75, 3.05) is 17.2 Å². The molecule has 4 N–H and O–H groups in total. The Hall–Kier alpha value is -2.83. The molecule has 2 amide bonds. The van der Waals surface area contributed by atoms with Crippen LogP contribution in [0.5, 0.6) is 0 Å². The summed E-state index contributed by atoms with van der Waals surface area (Å²) in [5.41, 5.74) is 5.21. The third-order valence-corrected chi connectivity index (χ3v) is 8.64. The third-order valence-electron chi connectivity index (χ3n) is 4.62. The number of hydrogen-bond donors (Lipinski definition) is 3. The van der Waals surface area contributed by atoms with E-state index in [2.05, 4.69) is 29.7 Å². The lowest BCUT2D eigenvalue weighted by atomic mass is 10.0. The average molecular weight is 564 g/mol. The van der Waals surface area contributed by atoms with E-state index in [9.17, 15) is 28.3 Å². The summed E-state index contributed by atoms with van der Waals surface area (Å²) in [6, 6.07) is -1.10. The number of rotatable bonds is 9. The fourth-order valence-electron chi connectivity index (χ4n) is 3.18. The number of nitrogens with two attached hydrogens (primary N) is 1. The van der Waals surface area contributed by atoms with Crippen LogP contribution < -0.4 is 11.1 Å². The second-order valence-electron chi connectivity index (χ2n) is 6.89. The van der Waals surface area contributed by atoms with E-state index in [0.29, 0.717) is 27.2 Å². The molecule has 2 atom stereocenters. The normalized spacial score (nSPS) is 20.1. The highest BCUT2D eigenvalue weighted by Crippen LogP contribution is 2.41. The van der Waals surface area contributed by atoms with Crippen molar-refractivity contribution in [2.45, 2.75) is 29.3 Å². The first kappa shape index (κ1) is 25.3. The van der Waals surface area contributed by atoms with Crippen LogP contribution in [0.15, 0.2) is 26.1 Å². The zero-order valence-electron chi connectivity index (χ0n) is 17.5. The summed E-state index contributed by atoms with van der Waals surface area (Å²) in [5.74, 6) is -1.72. The van der Waals surface area contributed by atoms with Crippen molar-refractivity contribution in [2.24, 2.45) is 5.16 Å². The Balaban J connectivity index is 1.49. The van der Waals surface area contributed by atoms with Crippen LogP contribution in [0.4, 0.5) is 13.9 Å². The van der Waals surface area contributed by atoms with Gasteiger partial charge in [-0.1, -0.05) is 16.9 Å². The number of β-lactam (4-membered cyclic amide) rings is 1. The second-order valence-corrected chi connectivity index (χ2v) is 10.9. The van der Waals surface area contributed by atoms with Crippen molar-refractivity contribution >= 4 is 75.0 Å². The number of carbonyl (C=O) groups excluding carboxylic acids is 2. The molecular weight excluding hydrogens is 548 g/mol. The zero-order valence-corrected chi connectivity index (χ0v) is 20.8. The average Bonchev–Trinajstić information content (AvgIpc) is 3.42. The number of amides is 2. The number of halogens is 2. The lowest BCUT2D eigenvalue weighted by molar-refractivity contribution is -0.150. The standard InChI is InChI=1S/C17H15F2N7O5S4/c1-5-21-17(35-25-5)34-3-6-2-32-13-9(12(28)26(13)10(6)14(29)30)23-11(27)8(24-31-15(18)19)7-4-33-16(20)22-7/h4,9,13,15H,2-3H2,1H3,(H2,20,22)(H,23,27)(H,29,30)/t9?,13-/m1/s1. The van der Waals surface area contributed by atoms with Crippen LogP contribution in [0, 0.1) is 6.92 Å². The predicted molar refractivity (Wildman–Crippen MR) is 125 cm³/mol. The Labute approximate surface area is 212 Å². The minimum absolute atomic E-state index is 0.0663. The van der Waals surface area contributed by atoms with Gasteiger partial charge in [-0.25, -0.2) is 14.8 Å². The van der Waals surface area contributed by atoms with E-state index in [0.717, 1.165) is 16.2 Å². The number of thiazole rings is 1. The van der Waals surface area contributed by atoms with Crippen LogP contribution in [0.1, 0.15) is 11.5 Å². The van der Waals surface area contributed by atoms with Gasteiger partial charge in [0.15, 0.2) is 15.2 Å². The number of carboxylic acids is 1. The first-order valence-corrected chi connectivity index (χ1v) is 13.2. The van der Waals surface area contributed by atoms with Crippen molar-refractivity contribution in [3.05, 3.63) is 28.2 Å². The number of anilines is 1. The molecule has 2 aliphatic heterocycles. The van der Waals surface area contributed by atoms with Crippen LogP contribution in [0.2, 0.25) is 0 Å². The number of nitrogen functional groups attached to an aromatic ring is 1. The van der Waals surface area contributed by atoms with Gasteiger partial charge in [0, 0.05) is 16.9 Å². The van der Waals surface area contributed by atoms with E-state index in [1.807, 2.05) is 0 Å². The fraction of sp³-hybridized carbons (Fsp3) is 0.353. The van der Waals surface area contributed by atoms with E-state index < -0.39 is 41.5 Å². The number of carbonyl (C=O) groups is 3. The monoisotopic (exact) mass is 563 g/mol. The number of carboxylic acid groups (broad SMARTS) is 1. The molecule has 4 rings (SSSR count). The van der Waals surface area contributed by atoms with Crippen molar-refractivity contribution in [1.29, 1.82) is 0 Å². The van der Waals surface area contributed by atoms with Crippen LogP contribution in [0.25, 0.3) is 0 Å². The Morgan fingerprint density at radius 1 is 1.46 bits per heavy atom. The highest BCUT2D eigenvalue weighted by Gasteiger charge is 2.54. The number of oxime groups is 1. The van der Waals surface area contributed by atoms with Gasteiger partial charge in [-0.15, -0.1) is 23.1 Å². The second kappa shape index (κ2) is 10.4. The Morgan fingerprint density at radius 3 is 2.83 bits per heavy atom. The van der Waals surface area contributed by atoms with Gasteiger partial charge < -0.3 is 21.0 Å². The molecule has 18 heteroatoms. The molecule has 0 aliphatic carbocycles. The Bertz CT molecular complexity index is 1230. The van der Waals surface area contributed by atoms with Gasteiger partial charge in [0.2, 0.25) is 0 Å². The number of nitrogens with zero attached hydrogens (tertiary/aromatic N) is 5. The predicted octanol–water partition coefficient (Wildman–Crippen LogP) is 1.36. The van der Waals surface area contributed by atoms with Crippen LogP contribution in [-0.4, -0.2) is 77.4 Å². The number of aromatic nitrogens is 3. The molecule has 1 saturated heterocycles. The first-order valence-electron chi connectivity index (χ1n) is 9.53. The molecule has 2 aromatic heterocycles. The summed E-state index contributed by atoms with van der Waals surface area (Å²) in [7, 11) is 0. The summed E-state index contributed by atoms with van der Waals surface area (Å²) in [6.07, 6.45) is 0. The minimum Gasteiger partial charge on any atom is -0.477 e. The summed E-state index contributed by atoms with van der Waals surface area (Å²) in [6.45, 7) is -1.54. The van der Waals surface area contributed by atoms with Gasteiger partial charge in [-0.3, -0.25) is 14.5 Å². The van der Waals surface area contributed by atoms with Gasteiger partial charge in [-0.2, -0.15) is 13.2 Å². The molecule has 4 heterocycles. The molecule has 1 fully saturated rings. The smallest absolute Gasteiger partial charge is 0.407 e. The van der Waals surface area contributed by atoms with Gasteiger partial charge in [-0.05, 0) is 24.0 Å². The quantitative estimate of drug-likeness (QED) is 0.174. The van der Waals surface area contributed by atoms with Gasteiger partial charge in [0.1, 0.15) is 28.6 Å². The highest BCUT2D eigenvalue weighted by molar-refractivity contribution is 8.01. The minimum atomic E-state index is -3.29. The van der Waals surface area contributed by atoms with Gasteiger partial charge >= 0.3 is 12.6 Å². The number of aryl methyl sites for hydroxylation is 1. The third kappa shape index (κ3) is 5.39. The Kier molecular flexibility index (Phi) is 7.53. The van der Waals surface area contributed by atoms with Crippen LogP contribution >= 0.6 is 46.4 Å². The van der Waals surface area contributed by atoms with Crippen LogP contribution in [-0.2, 0) is 19.2 Å². The van der Waals surface area contributed by atoms with Gasteiger partial charge in [0.05, 0.1) is 0 Å². The maximum absolute atomic E-state index is 12.8. The molecular formula is C17H15F2N7O5S4. The molecule has 1 unspecified atom stereocenters. The van der Waals surface area contributed by atoms with Crippen molar-refractivity contribution in [3.8, 4) is 0 Å². The van der Waals surface area contributed by atoms with E-state index in [1.165, 1.54) is 40.4 Å². The SMILES string of the molecule is Cc1nsc(SCC2=C(C(=O)O)N3C(=O)C(NC(=O)C(=NOC(F)F)c4csc(N)n4)[C@H]3SC2)n1. The largest absolute Gasteiger partial charge is 0.477 e. The lowest BCUT2D eigenvalue weighted by Crippen LogP contribution is -2.71. The summed E-state index contributed by atoms with van der Waals surface area (Å²) < 4.78 is 29.7. The number of aliphatic carboxylic acids is 1. The number of fused-ring (bicyclic) bond motifs is 1. The number of hydrogen-bond acceptors (Lipinski definition) is 13. The molecule has 35 heavy (non-hydrogen) atoms. The molecule has 12 nitrogen and oxygen atoms in total. The highest BCUT2D eigenvalue weighted by atomic mass is 32.2. The first-order chi connectivity index (χ1) is 16.7. The zero-order chi connectivity index (χ0) is 25.3. The van der Waals surface area contributed by atoms with E-state index in [4.69, 9.17) is 5.73 Å². The molecule has 2 aliphatic rings. The Morgan fingerprint density at radius 2 is 2.23 bits per heavy atom. The van der Waals surface area contributed by atoms with Crippen molar-refractivity contribution in [1.82, 2.24) is 24.6 Å². The maximum atomic E-state index is 12.8. The summed E-state index contributed by atoms with van der Waals surface area (Å²) in [5, 5.41) is 16.0. The molecule has 186 valence electrons. The van der Waals surface area contributed by atoms with Crippen molar-refractivity contribution in [3.63, 3.8) is 0 Å².